The van der Waals surface area contributed by atoms with Gasteiger partial charge in [0.1, 0.15) is 0 Å². The van der Waals surface area contributed by atoms with Gasteiger partial charge >= 0.3 is 0 Å². The number of ether oxygens (including phenoxy) is 2. The summed E-state index contributed by atoms with van der Waals surface area (Å²) in [6.45, 7) is 2.81. The number of nitriles is 1. The van der Waals surface area contributed by atoms with Crippen molar-refractivity contribution in [1.29, 1.82) is 5.26 Å². The number of methoxy groups -OCH3 is 1. The van der Waals surface area contributed by atoms with Crippen molar-refractivity contribution in [1.82, 2.24) is 0 Å². The lowest BCUT2D eigenvalue weighted by molar-refractivity contribution is 0.102. The summed E-state index contributed by atoms with van der Waals surface area (Å²) < 4.78 is 11.2. The fraction of sp³-hybridized carbons (Fsp3) is 0.364. The number of benzene rings is 2. The normalized spacial score (nSPS) is 10.1. The van der Waals surface area contributed by atoms with Gasteiger partial charge in [0, 0.05) is 11.3 Å². The number of hydrogen-bond donors (Lipinski definition) is 1. The zero-order valence-electron chi connectivity index (χ0n) is 16.0. The Morgan fingerprint density at radius 3 is 2.52 bits per heavy atom. The van der Waals surface area contributed by atoms with Crippen LogP contribution in [0.3, 0.4) is 0 Å². The molecule has 0 spiro atoms. The van der Waals surface area contributed by atoms with Crippen molar-refractivity contribution in [3.05, 3.63) is 53.6 Å². The van der Waals surface area contributed by atoms with E-state index in [1.54, 1.807) is 37.4 Å². The molecule has 0 saturated heterocycles. The lowest BCUT2D eigenvalue weighted by atomic mass is 10.1. The van der Waals surface area contributed by atoms with Gasteiger partial charge in [-0.15, -0.1) is 0 Å². The van der Waals surface area contributed by atoms with Crippen molar-refractivity contribution in [2.75, 3.05) is 19.0 Å². The summed E-state index contributed by atoms with van der Waals surface area (Å²) in [7, 11) is 1.56. The van der Waals surface area contributed by atoms with Gasteiger partial charge in [-0.3, -0.25) is 4.79 Å². The summed E-state index contributed by atoms with van der Waals surface area (Å²) in [4.78, 5) is 12.5. The molecule has 2 aromatic rings. The molecule has 0 heterocycles. The maximum Gasteiger partial charge on any atom is 0.255 e. The molecule has 0 saturated carbocycles. The number of unbranched alkanes of at least 4 members (excludes halogenated alkanes) is 3. The third kappa shape index (κ3) is 6.34. The van der Waals surface area contributed by atoms with E-state index in [-0.39, 0.29) is 5.91 Å². The first-order valence-electron chi connectivity index (χ1n) is 9.26. The predicted molar refractivity (Wildman–Crippen MR) is 106 cm³/mol. The van der Waals surface area contributed by atoms with E-state index < -0.39 is 0 Å². The second-order valence-corrected chi connectivity index (χ2v) is 6.26. The van der Waals surface area contributed by atoms with Gasteiger partial charge in [0.25, 0.3) is 5.91 Å². The van der Waals surface area contributed by atoms with Crippen LogP contribution in [0.2, 0.25) is 0 Å². The van der Waals surface area contributed by atoms with Crippen LogP contribution >= 0.6 is 0 Å². The number of nitrogens with one attached hydrogen (secondary N) is 1. The van der Waals surface area contributed by atoms with Gasteiger partial charge in [-0.2, -0.15) is 5.26 Å². The summed E-state index contributed by atoms with van der Waals surface area (Å²) in [6, 6.07) is 14.5. The largest absolute Gasteiger partial charge is 0.493 e. The minimum Gasteiger partial charge on any atom is -0.493 e. The molecule has 0 aliphatic carbocycles. The molecule has 0 radical (unpaired) electrons. The van der Waals surface area contributed by atoms with Crippen LogP contribution in [0.5, 0.6) is 11.5 Å². The predicted octanol–water partition coefficient (Wildman–Crippen LogP) is 4.97. The number of nitrogens with zero attached hydrogens (tertiary/aromatic N) is 1. The van der Waals surface area contributed by atoms with Crippen LogP contribution in [-0.2, 0) is 6.42 Å². The molecule has 1 N–H and O–H groups in total. The third-order valence-corrected chi connectivity index (χ3v) is 4.18. The second-order valence-electron chi connectivity index (χ2n) is 6.26. The van der Waals surface area contributed by atoms with Crippen LogP contribution < -0.4 is 14.8 Å². The van der Waals surface area contributed by atoms with E-state index in [9.17, 15) is 4.79 Å². The van der Waals surface area contributed by atoms with Crippen molar-refractivity contribution in [2.45, 2.75) is 39.0 Å². The van der Waals surface area contributed by atoms with E-state index in [0.717, 1.165) is 18.4 Å². The Morgan fingerprint density at radius 2 is 1.85 bits per heavy atom. The Kier molecular flexibility index (Phi) is 8.18. The fourth-order valence-electron chi connectivity index (χ4n) is 2.64. The Morgan fingerprint density at radius 1 is 1.07 bits per heavy atom. The Balaban J connectivity index is 1.98. The minimum atomic E-state index is -0.226. The molecule has 2 aromatic carbocycles. The topological polar surface area (TPSA) is 71.3 Å². The highest BCUT2D eigenvalue weighted by Crippen LogP contribution is 2.28. The molecule has 5 heteroatoms. The summed E-state index contributed by atoms with van der Waals surface area (Å²) in [6.07, 6.45) is 4.89. The highest BCUT2D eigenvalue weighted by molar-refractivity contribution is 6.04. The van der Waals surface area contributed by atoms with Crippen molar-refractivity contribution in [3.8, 4) is 17.6 Å². The van der Waals surface area contributed by atoms with Gasteiger partial charge in [0.2, 0.25) is 0 Å². The molecule has 27 heavy (non-hydrogen) atoms. The first-order chi connectivity index (χ1) is 13.2. The second kappa shape index (κ2) is 10.9. The van der Waals surface area contributed by atoms with E-state index >= 15 is 0 Å². The van der Waals surface area contributed by atoms with Crippen LogP contribution in [0.15, 0.2) is 42.5 Å². The van der Waals surface area contributed by atoms with Gasteiger partial charge in [0.05, 0.1) is 26.2 Å². The van der Waals surface area contributed by atoms with E-state index in [1.807, 2.05) is 12.1 Å². The molecule has 0 atom stereocenters. The minimum absolute atomic E-state index is 0.226. The third-order valence-electron chi connectivity index (χ3n) is 4.18. The van der Waals surface area contributed by atoms with Crippen LogP contribution in [-0.4, -0.2) is 19.6 Å². The van der Waals surface area contributed by atoms with E-state index in [2.05, 4.69) is 18.3 Å². The molecule has 0 unspecified atom stereocenters. The fourth-order valence-corrected chi connectivity index (χ4v) is 2.64. The molecule has 1 amide bonds. The zero-order valence-corrected chi connectivity index (χ0v) is 16.0. The summed E-state index contributed by atoms with van der Waals surface area (Å²) in [5, 5.41) is 11.6. The highest BCUT2D eigenvalue weighted by Gasteiger charge is 2.11. The lowest BCUT2D eigenvalue weighted by Crippen LogP contribution is -2.12. The first-order valence-corrected chi connectivity index (χ1v) is 9.26. The van der Waals surface area contributed by atoms with Gasteiger partial charge in [-0.25, -0.2) is 0 Å². The van der Waals surface area contributed by atoms with Crippen LogP contribution in [0.25, 0.3) is 0 Å². The van der Waals surface area contributed by atoms with Crippen molar-refractivity contribution < 1.29 is 14.3 Å². The molecule has 0 aliphatic heterocycles. The van der Waals surface area contributed by atoms with E-state index in [4.69, 9.17) is 14.7 Å². The van der Waals surface area contributed by atoms with Crippen LogP contribution in [0, 0.1) is 11.3 Å². The monoisotopic (exact) mass is 366 g/mol. The molecule has 0 fully saturated rings. The molecule has 0 bridgehead atoms. The maximum atomic E-state index is 12.5. The number of hydrogen-bond acceptors (Lipinski definition) is 4. The lowest BCUT2D eigenvalue weighted by Gasteiger charge is -2.12. The SMILES string of the molecule is CCCCCCOc1ccc(C(=O)Nc2ccc(CC#N)cc2)cc1OC. The molecule has 0 aromatic heterocycles. The van der Waals surface area contributed by atoms with Crippen LogP contribution in [0.1, 0.15) is 48.5 Å². The molecule has 2 rings (SSSR count). The zero-order chi connectivity index (χ0) is 19.5. The summed E-state index contributed by atoms with van der Waals surface area (Å²) in [5.41, 5.74) is 2.08. The number of anilines is 1. The van der Waals surface area contributed by atoms with Gasteiger partial charge in [-0.1, -0.05) is 38.3 Å². The summed E-state index contributed by atoms with van der Waals surface area (Å²) >= 11 is 0. The average molecular weight is 366 g/mol. The average Bonchev–Trinajstić information content (AvgIpc) is 2.69. The molecular weight excluding hydrogens is 340 g/mol. The van der Waals surface area contributed by atoms with Crippen molar-refractivity contribution in [2.24, 2.45) is 0 Å². The van der Waals surface area contributed by atoms with E-state index in [0.29, 0.717) is 35.8 Å². The van der Waals surface area contributed by atoms with Gasteiger partial charge < -0.3 is 14.8 Å². The summed E-state index contributed by atoms with van der Waals surface area (Å²) in [5.74, 6) is 0.963. The van der Waals surface area contributed by atoms with E-state index in [1.165, 1.54) is 12.8 Å². The number of rotatable bonds is 10. The molecular formula is C22H26N2O3. The molecule has 0 aliphatic rings. The quantitative estimate of drug-likeness (QED) is 0.603. The standard InChI is InChI=1S/C22H26N2O3/c1-3-4-5-6-15-27-20-12-9-18(16-21(20)26-2)22(25)24-19-10-7-17(8-11-19)13-14-23/h7-12,16H,3-6,13,15H2,1-2H3,(H,24,25). The smallest absolute Gasteiger partial charge is 0.255 e. The van der Waals surface area contributed by atoms with Crippen LogP contribution in [0.4, 0.5) is 5.69 Å². The maximum absolute atomic E-state index is 12.5. The Labute approximate surface area is 160 Å². The Hall–Kier alpha value is -3.00. The van der Waals surface area contributed by atoms with Gasteiger partial charge in [-0.05, 0) is 42.3 Å². The molecule has 5 nitrogen and oxygen atoms in total. The van der Waals surface area contributed by atoms with Crippen molar-refractivity contribution >= 4 is 11.6 Å². The first kappa shape index (κ1) is 20.3. The Bertz CT molecular complexity index is 779. The highest BCUT2D eigenvalue weighted by atomic mass is 16.5. The number of carbonyl (C=O) groups excluding carboxylic acids is 1. The van der Waals surface area contributed by atoms with Crippen molar-refractivity contribution in [3.63, 3.8) is 0 Å². The number of carbonyl (C=O) groups is 1. The van der Waals surface area contributed by atoms with Gasteiger partial charge in [0.15, 0.2) is 11.5 Å². The molecule has 142 valence electrons. The number of amides is 1.